The number of nitrogens with two attached hydrogens (primary N) is 1. The average Bonchev–Trinajstić information content (AvgIpc) is 2.71. The Bertz CT molecular complexity index is 951. The number of anilines is 1. The minimum absolute atomic E-state index is 0.220. The number of benzene rings is 1. The first kappa shape index (κ1) is 21.1. The number of aryl methyl sites for hydroxylation is 1. The second-order valence-corrected chi connectivity index (χ2v) is 8.11. The Morgan fingerprint density at radius 3 is 2.90 bits per heavy atom. The Kier molecular flexibility index (Phi) is 6.57. The molecule has 8 nitrogen and oxygen atoms in total. The number of nitrogen functional groups attached to an aromatic ring is 1. The normalized spacial score (nSPS) is 19.3. The van der Waals surface area contributed by atoms with E-state index in [0.29, 0.717) is 23.3 Å². The Balaban J connectivity index is 1.54. The van der Waals surface area contributed by atoms with Gasteiger partial charge in [-0.3, -0.25) is 14.7 Å². The van der Waals surface area contributed by atoms with Crippen LogP contribution in [0.4, 0.5) is 10.3 Å². The van der Waals surface area contributed by atoms with Gasteiger partial charge in [-0.1, -0.05) is 22.0 Å². The number of rotatable bonds is 5. The highest BCUT2D eigenvalue weighted by atomic mass is 79.9. The van der Waals surface area contributed by atoms with E-state index in [0.717, 1.165) is 55.4 Å². The lowest BCUT2D eigenvalue weighted by Gasteiger charge is -2.27. The largest absolute Gasteiger partial charge is 0.379 e. The number of fused-ring (bicyclic) bond motifs is 1. The minimum atomic E-state index is -0.307. The third-order valence-corrected chi connectivity index (χ3v) is 5.88. The average molecular weight is 479 g/mol. The molecule has 1 aromatic heterocycles. The van der Waals surface area contributed by atoms with E-state index in [1.165, 1.54) is 12.1 Å². The lowest BCUT2D eigenvalue weighted by Crippen LogP contribution is -2.40. The number of amidine groups is 1. The van der Waals surface area contributed by atoms with E-state index < -0.39 is 0 Å². The molecule has 0 bridgehead atoms. The highest BCUT2D eigenvalue weighted by molar-refractivity contribution is 9.10. The van der Waals surface area contributed by atoms with Crippen molar-refractivity contribution in [2.24, 2.45) is 4.99 Å². The molecule has 2 aromatic rings. The summed E-state index contributed by atoms with van der Waals surface area (Å²) in [7, 11) is 0. The molecule has 0 saturated carbocycles. The minimum Gasteiger partial charge on any atom is -0.379 e. The summed E-state index contributed by atoms with van der Waals surface area (Å²) in [6.45, 7) is 6.46. The number of hydrogen-bond donors (Lipinski definition) is 2. The maximum Gasteiger partial charge on any atom is 0.220 e. The highest BCUT2D eigenvalue weighted by Gasteiger charge is 2.28. The quantitative estimate of drug-likeness (QED) is 0.501. The maximum atomic E-state index is 13.5. The van der Waals surface area contributed by atoms with Crippen LogP contribution in [-0.4, -0.2) is 60.2 Å². The first-order valence-electron chi connectivity index (χ1n) is 9.85. The molecule has 0 spiro atoms. The molecule has 0 aliphatic carbocycles. The topological polar surface area (TPSA) is 97.9 Å². The molecule has 1 aromatic carbocycles. The number of halogens is 2. The van der Waals surface area contributed by atoms with Crippen LogP contribution >= 0.6 is 15.9 Å². The zero-order valence-corrected chi connectivity index (χ0v) is 18.3. The van der Waals surface area contributed by atoms with Crippen molar-refractivity contribution in [3.8, 4) is 0 Å². The fourth-order valence-electron chi connectivity index (χ4n) is 3.71. The summed E-state index contributed by atoms with van der Waals surface area (Å²) in [4.78, 5) is 21.6. The lowest BCUT2D eigenvalue weighted by molar-refractivity contribution is 0.0103. The van der Waals surface area contributed by atoms with Gasteiger partial charge < -0.3 is 10.5 Å². The van der Waals surface area contributed by atoms with Gasteiger partial charge in [0.05, 0.1) is 42.8 Å². The number of nitrogens with one attached hydrogen (secondary N) is 1. The second-order valence-electron chi connectivity index (χ2n) is 7.26. The fourth-order valence-corrected chi connectivity index (χ4v) is 4.32. The number of morpholine rings is 1. The van der Waals surface area contributed by atoms with Crippen LogP contribution in [-0.2, 0) is 16.0 Å². The van der Waals surface area contributed by atoms with E-state index in [1.807, 2.05) is 6.92 Å². The van der Waals surface area contributed by atoms with Crippen LogP contribution in [0.3, 0.4) is 0 Å². The van der Waals surface area contributed by atoms with Crippen molar-refractivity contribution < 1.29 is 14.0 Å². The van der Waals surface area contributed by atoms with Crippen molar-refractivity contribution in [3.63, 3.8) is 0 Å². The SMILES string of the molecule is Cc1nc(N)nc2c1C(NOCCN1CCOCC1)=N[C@@H](c1ccc(F)cc1Br)C2. The van der Waals surface area contributed by atoms with Crippen molar-refractivity contribution in [2.75, 3.05) is 45.2 Å². The zero-order valence-electron chi connectivity index (χ0n) is 16.7. The van der Waals surface area contributed by atoms with Crippen LogP contribution in [0.2, 0.25) is 0 Å². The van der Waals surface area contributed by atoms with Crippen molar-refractivity contribution in [1.29, 1.82) is 0 Å². The van der Waals surface area contributed by atoms with Crippen LogP contribution < -0.4 is 11.2 Å². The molecule has 160 valence electrons. The van der Waals surface area contributed by atoms with E-state index in [9.17, 15) is 4.39 Å². The number of nitrogens with zero attached hydrogens (tertiary/aromatic N) is 4. The third kappa shape index (κ3) is 4.77. The molecule has 0 unspecified atom stereocenters. The highest BCUT2D eigenvalue weighted by Crippen LogP contribution is 2.34. The number of hydrogen-bond acceptors (Lipinski definition) is 8. The van der Waals surface area contributed by atoms with E-state index in [2.05, 4.69) is 36.3 Å². The fraction of sp³-hybridized carbons (Fsp3) is 0.450. The second kappa shape index (κ2) is 9.34. The van der Waals surface area contributed by atoms with E-state index >= 15 is 0 Å². The standard InChI is InChI=1S/C20H24BrFN6O2/c1-12-18-17(26-20(23)24-12)11-16(14-3-2-13(22)10-15(14)21)25-19(18)27-30-9-6-28-4-7-29-8-5-28/h2-3,10,16H,4-9,11H2,1H3,(H,25,27)(H2,23,24,26)/t16-/m1/s1. The van der Waals surface area contributed by atoms with Gasteiger partial charge in [-0.2, -0.15) is 0 Å². The van der Waals surface area contributed by atoms with Gasteiger partial charge >= 0.3 is 0 Å². The summed E-state index contributed by atoms with van der Waals surface area (Å²) in [5.41, 5.74) is 12.1. The Morgan fingerprint density at radius 2 is 2.13 bits per heavy atom. The summed E-state index contributed by atoms with van der Waals surface area (Å²) >= 11 is 3.45. The Hall–Kier alpha value is -2.14. The molecular formula is C20H24BrFN6O2. The number of aliphatic imine (C=N–C) groups is 1. The van der Waals surface area contributed by atoms with Gasteiger partial charge in [0.2, 0.25) is 5.95 Å². The van der Waals surface area contributed by atoms with Gasteiger partial charge in [-0.05, 0) is 24.6 Å². The zero-order chi connectivity index (χ0) is 21.1. The molecule has 0 radical (unpaired) electrons. The Labute approximate surface area is 182 Å². The predicted octanol–water partition coefficient (Wildman–Crippen LogP) is 2.17. The van der Waals surface area contributed by atoms with Gasteiger partial charge in [0.15, 0.2) is 5.84 Å². The van der Waals surface area contributed by atoms with Crippen LogP contribution in [0.25, 0.3) is 0 Å². The summed E-state index contributed by atoms with van der Waals surface area (Å²) in [6.07, 6.45) is 0.534. The van der Waals surface area contributed by atoms with Crippen LogP contribution in [0, 0.1) is 12.7 Å². The van der Waals surface area contributed by atoms with Crippen LogP contribution in [0.1, 0.15) is 28.6 Å². The third-order valence-electron chi connectivity index (χ3n) is 5.19. The Morgan fingerprint density at radius 1 is 1.33 bits per heavy atom. The van der Waals surface area contributed by atoms with E-state index in [4.69, 9.17) is 20.3 Å². The van der Waals surface area contributed by atoms with Gasteiger partial charge in [-0.25, -0.2) is 19.8 Å². The summed E-state index contributed by atoms with van der Waals surface area (Å²) in [5.74, 6) is 0.465. The molecule has 30 heavy (non-hydrogen) atoms. The van der Waals surface area contributed by atoms with Crippen molar-refractivity contribution in [2.45, 2.75) is 19.4 Å². The van der Waals surface area contributed by atoms with Crippen molar-refractivity contribution in [3.05, 3.63) is 51.0 Å². The smallest absolute Gasteiger partial charge is 0.220 e. The predicted molar refractivity (Wildman–Crippen MR) is 115 cm³/mol. The molecule has 3 N–H and O–H groups in total. The molecule has 1 saturated heterocycles. The first-order chi connectivity index (χ1) is 14.5. The molecule has 1 atom stereocenters. The monoisotopic (exact) mass is 478 g/mol. The van der Waals surface area contributed by atoms with Gasteiger partial charge in [-0.15, -0.1) is 0 Å². The van der Waals surface area contributed by atoms with Gasteiger partial charge in [0, 0.05) is 30.5 Å². The molecule has 3 heterocycles. The molecule has 2 aliphatic heterocycles. The number of ether oxygens (including phenoxy) is 1. The number of hydroxylamine groups is 1. The van der Waals surface area contributed by atoms with Crippen molar-refractivity contribution in [1.82, 2.24) is 20.3 Å². The van der Waals surface area contributed by atoms with E-state index in [-0.39, 0.29) is 17.8 Å². The van der Waals surface area contributed by atoms with E-state index in [1.54, 1.807) is 6.07 Å². The summed E-state index contributed by atoms with van der Waals surface area (Å²) in [6, 6.07) is 4.33. The van der Waals surface area contributed by atoms with Crippen molar-refractivity contribution >= 4 is 27.7 Å². The molecule has 10 heteroatoms. The molecule has 4 rings (SSSR count). The summed E-state index contributed by atoms with van der Waals surface area (Å²) < 4.78 is 19.6. The van der Waals surface area contributed by atoms with Gasteiger partial charge in [0.25, 0.3) is 0 Å². The molecular weight excluding hydrogens is 455 g/mol. The first-order valence-corrected chi connectivity index (χ1v) is 10.6. The summed E-state index contributed by atoms with van der Waals surface area (Å²) in [5, 5.41) is 0. The van der Waals surface area contributed by atoms with Crippen LogP contribution in [0.15, 0.2) is 27.7 Å². The molecule has 0 amide bonds. The van der Waals surface area contributed by atoms with Gasteiger partial charge in [0.1, 0.15) is 5.82 Å². The van der Waals surface area contributed by atoms with Crippen LogP contribution in [0.5, 0.6) is 0 Å². The molecule has 1 fully saturated rings. The molecule has 2 aliphatic rings. The number of aromatic nitrogens is 2. The lowest BCUT2D eigenvalue weighted by atomic mass is 9.95. The maximum absolute atomic E-state index is 13.5.